The van der Waals surface area contributed by atoms with Gasteiger partial charge < -0.3 is 15.2 Å². The molecule has 0 bridgehead atoms. The first-order chi connectivity index (χ1) is 10.2. The number of carbonyl (C=O) groups excluding carboxylic acids is 1. The van der Waals surface area contributed by atoms with Crippen LogP contribution in [0.5, 0.6) is 11.5 Å². The first kappa shape index (κ1) is 14.0. The van der Waals surface area contributed by atoms with Crippen LogP contribution in [0, 0.1) is 0 Å². The number of primary amides is 1. The zero-order chi connectivity index (χ0) is 14.8. The second-order valence-electron chi connectivity index (χ2n) is 4.75. The summed E-state index contributed by atoms with van der Waals surface area (Å²) in [6.07, 6.45) is 0.846. The van der Waals surface area contributed by atoms with E-state index < -0.39 is 0 Å². The zero-order valence-electron chi connectivity index (χ0n) is 11.7. The number of carbonyl (C=O) groups is 1. The molecule has 3 rings (SSSR count). The predicted octanol–water partition coefficient (Wildman–Crippen LogP) is 2.15. The van der Waals surface area contributed by atoms with Crippen LogP contribution in [0.3, 0.4) is 0 Å². The van der Waals surface area contributed by atoms with Crippen molar-refractivity contribution in [1.82, 2.24) is 4.98 Å². The molecule has 0 aliphatic carbocycles. The summed E-state index contributed by atoms with van der Waals surface area (Å²) in [5, 5.41) is 1.86. The van der Waals surface area contributed by atoms with Gasteiger partial charge in [0.1, 0.15) is 18.2 Å². The second-order valence-corrected chi connectivity index (χ2v) is 5.71. The quantitative estimate of drug-likeness (QED) is 0.876. The maximum atomic E-state index is 11.0. The number of nitrogens with two attached hydrogens (primary N) is 1. The highest BCUT2D eigenvalue weighted by Gasteiger charge is 2.15. The number of amides is 1. The number of aryl methyl sites for hydroxylation is 1. The molecular formula is C15H16N2O3S. The maximum absolute atomic E-state index is 11.0. The minimum Gasteiger partial charge on any atom is -0.486 e. The average Bonchev–Trinajstić information content (AvgIpc) is 2.49. The lowest BCUT2D eigenvalue weighted by molar-refractivity contribution is -0.115. The van der Waals surface area contributed by atoms with Crippen LogP contribution < -0.4 is 15.2 Å². The molecule has 2 heterocycles. The number of hydrogen-bond donors (Lipinski definition) is 1. The van der Waals surface area contributed by atoms with Crippen molar-refractivity contribution in [2.24, 2.45) is 5.73 Å². The molecule has 0 atom stereocenters. The van der Waals surface area contributed by atoms with Crippen LogP contribution in [0.2, 0.25) is 0 Å². The molecule has 0 spiro atoms. The number of aromatic nitrogens is 1. The van der Waals surface area contributed by atoms with Gasteiger partial charge in [0.25, 0.3) is 0 Å². The summed E-state index contributed by atoms with van der Waals surface area (Å²) in [5.74, 6) is 1.37. The van der Waals surface area contributed by atoms with Gasteiger partial charge in [-0.2, -0.15) is 0 Å². The van der Waals surface area contributed by atoms with E-state index in [-0.39, 0.29) is 11.7 Å². The third-order valence-electron chi connectivity index (χ3n) is 3.25. The van der Waals surface area contributed by atoms with Gasteiger partial charge in [0, 0.05) is 11.5 Å². The third-order valence-corrected chi connectivity index (χ3v) is 4.31. The topological polar surface area (TPSA) is 74.4 Å². The minimum atomic E-state index is -0.342. The molecule has 0 radical (unpaired) electrons. The average molecular weight is 304 g/mol. The molecule has 0 saturated heterocycles. The van der Waals surface area contributed by atoms with Crippen LogP contribution in [0.15, 0.2) is 23.2 Å². The standard InChI is InChI=1S/C15H16N2O3S/c1-2-9-5-10-6-12-13(20-4-3-19-12)7-11(10)17-15(9)21-8-14(16)18/h5-7H,2-4,8H2,1H3,(H2,16,18). The largest absolute Gasteiger partial charge is 0.486 e. The Morgan fingerprint density at radius 1 is 1.29 bits per heavy atom. The minimum absolute atomic E-state index is 0.232. The molecule has 0 unspecified atom stereocenters. The summed E-state index contributed by atoms with van der Waals surface area (Å²) in [4.78, 5) is 15.6. The molecule has 1 aliphatic rings. The van der Waals surface area contributed by atoms with E-state index in [4.69, 9.17) is 15.2 Å². The van der Waals surface area contributed by atoms with Gasteiger partial charge in [0.15, 0.2) is 11.5 Å². The van der Waals surface area contributed by atoms with E-state index in [0.717, 1.165) is 39.4 Å². The van der Waals surface area contributed by atoms with Crippen molar-refractivity contribution in [2.75, 3.05) is 19.0 Å². The lowest BCUT2D eigenvalue weighted by atomic mass is 10.1. The highest BCUT2D eigenvalue weighted by atomic mass is 32.2. The van der Waals surface area contributed by atoms with Crippen molar-refractivity contribution in [3.8, 4) is 11.5 Å². The lowest BCUT2D eigenvalue weighted by Gasteiger charge is -2.19. The van der Waals surface area contributed by atoms with E-state index in [1.54, 1.807) is 0 Å². The van der Waals surface area contributed by atoms with Crippen LogP contribution in [-0.2, 0) is 11.2 Å². The summed E-state index contributed by atoms with van der Waals surface area (Å²) in [5.41, 5.74) is 7.15. The van der Waals surface area contributed by atoms with E-state index >= 15 is 0 Å². The first-order valence-electron chi connectivity index (χ1n) is 6.81. The number of rotatable bonds is 4. The molecule has 21 heavy (non-hydrogen) atoms. The number of benzene rings is 1. The highest BCUT2D eigenvalue weighted by Crippen LogP contribution is 2.35. The lowest BCUT2D eigenvalue weighted by Crippen LogP contribution is -2.15. The molecule has 1 aromatic heterocycles. The number of pyridine rings is 1. The van der Waals surface area contributed by atoms with E-state index in [1.165, 1.54) is 11.8 Å². The van der Waals surface area contributed by atoms with Crippen molar-refractivity contribution in [3.05, 3.63) is 23.8 Å². The fraction of sp³-hybridized carbons (Fsp3) is 0.333. The molecule has 1 amide bonds. The summed E-state index contributed by atoms with van der Waals surface area (Å²) in [6.45, 7) is 3.18. The fourth-order valence-electron chi connectivity index (χ4n) is 2.25. The fourth-order valence-corrected chi connectivity index (χ4v) is 3.09. The van der Waals surface area contributed by atoms with E-state index in [2.05, 4.69) is 18.0 Å². The van der Waals surface area contributed by atoms with Gasteiger partial charge in [-0.25, -0.2) is 4.98 Å². The number of nitrogens with zero attached hydrogens (tertiary/aromatic N) is 1. The number of ether oxygens (including phenoxy) is 2. The SMILES string of the molecule is CCc1cc2cc3c(cc2nc1SCC(N)=O)OCCO3. The zero-order valence-corrected chi connectivity index (χ0v) is 12.5. The smallest absolute Gasteiger partial charge is 0.227 e. The molecule has 5 nitrogen and oxygen atoms in total. The van der Waals surface area contributed by atoms with Crippen molar-refractivity contribution < 1.29 is 14.3 Å². The summed E-state index contributed by atoms with van der Waals surface area (Å²) < 4.78 is 11.2. The summed E-state index contributed by atoms with van der Waals surface area (Å²) in [6, 6.07) is 5.93. The van der Waals surface area contributed by atoms with Gasteiger partial charge in [0.05, 0.1) is 11.3 Å². The van der Waals surface area contributed by atoms with Crippen LogP contribution in [0.1, 0.15) is 12.5 Å². The summed E-state index contributed by atoms with van der Waals surface area (Å²) in [7, 11) is 0. The van der Waals surface area contributed by atoms with Crippen LogP contribution in [0.4, 0.5) is 0 Å². The molecule has 110 valence electrons. The third kappa shape index (κ3) is 2.90. The number of thioether (sulfide) groups is 1. The van der Waals surface area contributed by atoms with Crippen molar-refractivity contribution in [3.63, 3.8) is 0 Å². The van der Waals surface area contributed by atoms with Gasteiger partial charge in [-0.15, -0.1) is 0 Å². The predicted molar refractivity (Wildman–Crippen MR) is 82.0 cm³/mol. The first-order valence-corrected chi connectivity index (χ1v) is 7.80. The van der Waals surface area contributed by atoms with Crippen LogP contribution >= 0.6 is 11.8 Å². The van der Waals surface area contributed by atoms with Crippen molar-refractivity contribution >= 4 is 28.6 Å². The van der Waals surface area contributed by atoms with Gasteiger partial charge in [-0.3, -0.25) is 4.79 Å². The molecule has 6 heteroatoms. The maximum Gasteiger partial charge on any atom is 0.227 e. The normalized spacial score (nSPS) is 13.4. The molecule has 1 aromatic carbocycles. The Morgan fingerprint density at radius 2 is 2.00 bits per heavy atom. The van der Waals surface area contributed by atoms with Crippen molar-refractivity contribution in [1.29, 1.82) is 0 Å². The Morgan fingerprint density at radius 3 is 2.67 bits per heavy atom. The second kappa shape index (κ2) is 5.81. The Bertz CT molecular complexity index is 703. The molecule has 2 N–H and O–H groups in total. The molecular weight excluding hydrogens is 288 g/mol. The number of hydrogen-bond acceptors (Lipinski definition) is 5. The van der Waals surface area contributed by atoms with Gasteiger partial charge >= 0.3 is 0 Å². The molecule has 1 aliphatic heterocycles. The van der Waals surface area contributed by atoms with Gasteiger partial charge in [-0.1, -0.05) is 18.7 Å². The Labute approximate surface area is 126 Å². The molecule has 2 aromatic rings. The van der Waals surface area contributed by atoms with E-state index in [9.17, 15) is 4.79 Å². The van der Waals surface area contributed by atoms with Crippen LogP contribution in [0.25, 0.3) is 10.9 Å². The highest BCUT2D eigenvalue weighted by molar-refractivity contribution is 7.99. The molecule has 0 fully saturated rings. The van der Waals surface area contributed by atoms with Crippen molar-refractivity contribution in [2.45, 2.75) is 18.4 Å². The Hall–Kier alpha value is -1.95. The Kier molecular flexibility index (Phi) is 3.88. The monoisotopic (exact) mass is 304 g/mol. The van der Waals surface area contributed by atoms with Crippen LogP contribution in [-0.4, -0.2) is 29.9 Å². The van der Waals surface area contributed by atoms with E-state index in [0.29, 0.717) is 13.2 Å². The van der Waals surface area contributed by atoms with Gasteiger partial charge in [-0.05, 0) is 24.1 Å². The number of fused-ring (bicyclic) bond motifs is 2. The van der Waals surface area contributed by atoms with E-state index in [1.807, 2.05) is 12.1 Å². The molecule has 0 saturated carbocycles. The summed E-state index contributed by atoms with van der Waals surface area (Å²) >= 11 is 1.37. The van der Waals surface area contributed by atoms with Gasteiger partial charge in [0.2, 0.25) is 5.91 Å². The Balaban J connectivity index is 2.05.